The van der Waals surface area contributed by atoms with Crippen molar-refractivity contribution in [1.82, 2.24) is 10.2 Å². The topological polar surface area (TPSA) is 15.3 Å². The Morgan fingerprint density at radius 1 is 1.05 bits per heavy atom. The van der Waals surface area contributed by atoms with E-state index in [1.165, 1.54) is 18.4 Å². The van der Waals surface area contributed by atoms with Crippen molar-refractivity contribution in [3.05, 3.63) is 33.8 Å². The molecule has 0 amide bonds. The summed E-state index contributed by atoms with van der Waals surface area (Å²) in [6.07, 6.45) is 2.41. The molecule has 2 nitrogen and oxygen atoms in total. The highest BCUT2D eigenvalue weighted by Gasteiger charge is 2.22. The van der Waals surface area contributed by atoms with Gasteiger partial charge in [0.1, 0.15) is 0 Å². The SMILES string of the molecule is CC(C)CC[C@@H](c1ccc(Cl)c(Cl)c1)N1CCNCC1.Cl.Cl. The third-order valence-electron chi connectivity index (χ3n) is 3.94. The van der Waals surface area contributed by atoms with Crippen molar-refractivity contribution in [2.45, 2.75) is 32.7 Å². The number of halogens is 4. The molecule has 2 rings (SSSR count). The predicted octanol–water partition coefficient (Wildman–Crippen LogP) is 5.22. The molecule has 1 aliphatic rings. The van der Waals surface area contributed by atoms with Crippen LogP contribution in [0.4, 0.5) is 0 Å². The minimum Gasteiger partial charge on any atom is -0.314 e. The first-order valence-electron chi connectivity index (χ1n) is 7.47. The van der Waals surface area contributed by atoms with Gasteiger partial charge in [-0.25, -0.2) is 0 Å². The van der Waals surface area contributed by atoms with Crippen molar-refractivity contribution in [3.8, 4) is 0 Å². The number of nitrogens with one attached hydrogen (secondary N) is 1. The van der Waals surface area contributed by atoms with E-state index in [0.717, 1.165) is 32.1 Å². The first-order valence-corrected chi connectivity index (χ1v) is 8.23. The van der Waals surface area contributed by atoms with Gasteiger partial charge in [0, 0.05) is 32.2 Å². The summed E-state index contributed by atoms with van der Waals surface area (Å²) in [5.41, 5.74) is 1.29. The molecule has 6 heteroatoms. The van der Waals surface area contributed by atoms with Crippen molar-refractivity contribution >= 4 is 48.0 Å². The zero-order chi connectivity index (χ0) is 14.5. The van der Waals surface area contributed by atoms with Gasteiger partial charge in [0.05, 0.1) is 10.0 Å². The summed E-state index contributed by atoms with van der Waals surface area (Å²) in [6.45, 7) is 8.90. The number of nitrogens with zero attached hydrogens (tertiary/aromatic N) is 1. The Balaban J connectivity index is 0.00000220. The molecule has 22 heavy (non-hydrogen) atoms. The van der Waals surface area contributed by atoms with Crippen molar-refractivity contribution in [2.24, 2.45) is 5.92 Å². The molecule has 0 saturated carbocycles. The lowest BCUT2D eigenvalue weighted by atomic mass is 9.96. The minimum atomic E-state index is 0. The Morgan fingerprint density at radius 3 is 2.23 bits per heavy atom. The largest absolute Gasteiger partial charge is 0.314 e. The van der Waals surface area contributed by atoms with Gasteiger partial charge in [-0.1, -0.05) is 43.1 Å². The smallest absolute Gasteiger partial charge is 0.0595 e. The monoisotopic (exact) mass is 386 g/mol. The molecular formula is C16H26Cl4N2. The second-order valence-corrected chi connectivity index (χ2v) is 6.76. The summed E-state index contributed by atoms with van der Waals surface area (Å²) in [5, 5.41) is 4.72. The highest BCUT2D eigenvalue weighted by Crippen LogP contribution is 2.32. The van der Waals surface area contributed by atoms with Gasteiger partial charge in [-0.2, -0.15) is 0 Å². The Kier molecular flexibility index (Phi) is 11.1. The third-order valence-corrected chi connectivity index (χ3v) is 4.68. The Morgan fingerprint density at radius 2 is 1.68 bits per heavy atom. The molecule has 1 heterocycles. The first-order chi connectivity index (χ1) is 9.58. The lowest BCUT2D eigenvalue weighted by molar-refractivity contribution is 0.160. The van der Waals surface area contributed by atoms with Crippen LogP contribution in [-0.4, -0.2) is 31.1 Å². The molecule has 0 unspecified atom stereocenters. The number of rotatable bonds is 5. The van der Waals surface area contributed by atoms with E-state index in [2.05, 4.69) is 30.1 Å². The van der Waals surface area contributed by atoms with Crippen molar-refractivity contribution in [1.29, 1.82) is 0 Å². The molecule has 1 saturated heterocycles. The average molecular weight is 388 g/mol. The fraction of sp³-hybridized carbons (Fsp3) is 0.625. The Bertz CT molecular complexity index is 434. The van der Waals surface area contributed by atoms with E-state index in [9.17, 15) is 0 Å². The van der Waals surface area contributed by atoms with Gasteiger partial charge < -0.3 is 5.32 Å². The van der Waals surface area contributed by atoms with Gasteiger partial charge in [-0.15, -0.1) is 24.8 Å². The Hall–Kier alpha value is 0.300. The van der Waals surface area contributed by atoms with Gasteiger partial charge in [0.25, 0.3) is 0 Å². The van der Waals surface area contributed by atoms with Crippen LogP contribution in [0.3, 0.4) is 0 Å². The quantitative estimate of drug-likeness (QED) is 0.744. The van der Waals surface area contributed by atoms with Crippen LogP contribution in [0.15, 0.2) is 18.2 Å². The lowest BCUT2D eigenvalue weighted by Gasteiger charge is -2.35. The lowest BCUT2D eigenvalue weighted by Crippen LogP contribution is -2.45. The standard InChI is InChI=1S/C16H24Cl2N2.2ClH/c1-12(2)3-6-16(20-9-7-19-8-10-20)13-4-5-14(17)15(18)11-13;;/h4-5,11-12,16,19H,3,6-10H2,1-2H3;2*1H/t16-;;/m0../s1. The minimum absolute atomic E-state index is 0. The van der Waals surface area contributed by atoms with E-state index in [1.807, 2.05) is 12.1 Å². The summed E-state index contributed by atoms with van der Waals surface area (Å²) in [6, 6.07) is 6.54. The van der Waals surface area contributed by atoms with E-state index in [4.69, 9.17) is 23.2 Å². The fourth-order valence-electron chi connectivity index (χ4n) is 2.76. The van der Waals surface area contributed by atoms with Gasteiger partial charge in [0.2, 0.25) is 0 Å². The summed E-state index contributed by atoms with van der Waals surface area (Å²) in [7, 11) is 0. The summed E-state index contributed by atoms with van der Waals surface area (Å²) in [5.74, 6) is 0.725. The van der Waals surface area contributed by atoms with Gasteiger partial charge in [0.15, 0.2) is 0 Å². The van der Waals surface area contributed by atoms with E-state index >= 15 is 0 Å². The van der Waals surface area contributed by atoms with E-state index in [0.29, 0.717) is 16.1 Å². The van der Waals surface area contributed by atoms with Crippen LogP contribution >= 0.6 is 48.0 Å². The molecule has 1 atom stereocenters. The van der Waals surface area contributed by atoms with Crippen molar-refractivity contribution in [2.75, 3.05) is 26.2 Å². The molecule has 0 bridgehead atoms. The summed E-state index contributed by atoms with van der Waals surface area (Å²) >= 11 is 12.2. The fourth-order valence-corrected chi connectivity index (χ4v) is 3.07. The summed E-state index contributed by atoms with van der Waals surface area (Å²) in [4.78, 5) is 2.57. The van der Waals surface area contributed by atoms with E-state index in [1.54, 1.807) is 0 Å². The maximum atomic E-state index is 6.20. The molecule has 128 valence electrons. The second-order valence-electron chi connectivity index (χ2n) is 5.95. The molecule has 0 radical (unpaired) electrons. The molecule has 0 aliphatic carbocycles. The molecular weight excluding hydrogens is 362 g/mol. The number of benzene rings is 1. The molecule has 1 aromatic rings. The number of piperazine rings is 1. The molecule has 1 fully saturated rings. The molecule has 0 aromatic heterocycles. The zero-order valence-electron chi connectivity index (χ0n) is 13.1. The zero-order valence-corrected chi connectivity index (χ0v) is 16.3. The Labute approximate surface area is 156 Å². The van der Waals surface area contributed by atoms with Crippen LogP contribution in [0.25, 0.3) is 0 Å². The van der Waals surface area contributed by atoms with Gasteiger partial charge in [-0.05, 0) is 36.5 Å². The molecule has 0 spiro atoms. The summed E-state index contributed by atoms with van der Waals surface area (Å²) < 4.78 is 0. The molecule has 1 aliphatic heterocycles. The highest BCUT2D eigenvalue weighted by molar-refractivity contribution is 6.42. The molecule has 1 aromatic carbocycles. The average Bonchev–Trinajstić information content (AvgIpc) is 2.44. The highest BCUT2D eigenvalue weighted by atomic mass is 35.5. The molecule has 1 N–H and O–H groups in total. The van der Waals surface area contributed by atoms with E-state index in [-0.39, 0.29) is 24.8 Å². The predicted molar refractivity (Wildman–Crippen MR) is 102 cm³/mol. The van der Waals surface area contributed by atoms with Gasteiger partial charge >= 0.3 is 0 Å². The number of hydrogen-bond acceptors (Lipinski definition) is 2. The van der Waals surface area contributed by atoms with Crippen LogP contribution in [-0.2, 0) is 0 Å². The van der Waals surface area contributed by atoms with Crippen LogP contribution in [0.1, 0.15) is 38.3 Å². The van der Waals surface area contributed by atoms with Crippen LogP contribution in [0.5, 0.6) is 0 Å². The van der Waals surface area contributed by atoms with Crippen molar-refractivity contribution < 1.29 is 0 Å². The maximum absolute atomic E-state index is 6.20. The third kappa shape index (κ3) is 6.43. The normalized spacial score (nSPS) is 16.8. The van der Waals surface area contributed by atoms with Crippen LogP contribution in [0.2, 0.25) is 10.0 Å². The first kappa shape index (κ1) is 22.3. The van der Waals surface area contributed by atoms with E-state index < -0.39 is 0 Å². The maximum Gasteiger partial charge on any atom is 0.0595 e. The van der Waals surface area contributed by atoms with Gasteiger partial charge in [-0.3, -0.25) is 4.90 Å². The van der Waals surface area contributed by atoms with Crippen molar-refractivity contribution in [3.63, 3.8) is 0 Å². The second kappa shape index (κ2) is 11.0. The number of hydrogen-bond donors (Lipinski definition) is 1. The van der Waals surface area contributed by atoms with Crippen LogP contribution in [0, 0.1) is 5.92 Å². The van der Waals surface area contributed by atoms with Crippen LogP contribution < -0.4 is 5.32 Å².